The lowest BCUT2D eigenvalue weighted by molar-refractivity contribution is -0.125. The SMILES string of the molecule is O=C(CNO)CO[C@@H]1C[C@H](C(=O)Nc2cccc3cccnc23)N(C(=O)OCc2ccccc2)C1. The Labute approximate surface area is 201 Å². The number of nitrogens with zero attached hydrogens (tertiary/aromatic N) is 2. The average Bonchev–Trinajstić information content (AvgIpc) is 3.32. The molecule has 1 aliphatic heterocycles. The van der Waals surface area contributed by atoms with Gasteiger partial charge in [0, 0.05) is 18.0 Å². The number of rotatable bonds is 9. The fourth-order valence-corrected chi connectivity index (χ4v) is 3.94. The van der Waals surface area contributed by atoms with Crippen molar-refractivity contribution in [2.45, 2.75) is 25.2 Å². The number of amides is 2. The zero-order valence-electron chi connectivity index (χ0n) is 18.9. The van der Waals surface area contributed by atoms with E-state index >= 15 is 0 Å². The molecule has 4 rings (SSSR count). The molecule has 3 aromatic rings. The van der Waals surface area contributed by atoms with Crippen molar-refractivity contribution in [1.82, 2.24) is 15.4 Å². The summed E-state index contributed by atoms with van der Waals surface area (Å²) in [5, 5.41) is 12.4. The van der Waals surface area contributed by atoms with Gasteiger partial charge in [-0.1, -0.05) is 48.5 Å². The molecule has 0 bridgehead atoms. The molecular formula is C25H26N4O6. The van der Waals surface area contributed by atoms with E-state index in [1.54, 1.807) is 17.7 Å². The molecule has 1 aromatic heterocycles. The second-order valence-corrected chi connectivity index (χ2v) is 8.12. The summed E-state index contributed by atoms with van der Waals surface area (Å²) in [5.41, 5.74) is 3.77. The zero-order valence-corrected chi connectivity index (χ0v) is 18.9. The van der Waals surface area contributed by atoms with Gasteiger partial charge in [0.15, 0.2) is 5.78 Å². The van der Waals surface area contributed by atoms with E-state index in [9.17, 15) is 14.4 Å². The molecular weight excluding hydrogens is 452 g/mol. The summed E-state index contributed by atoms with van der Waals surface area (Å²) in [7, 11) is 0. The van der Waals surface area contributed by atoms with E-state index in [-0.39, 0.29) is 38.5 Å². The predicted octanol–water partition coefficient (Wildman–Crippen LogP) is 2.52. The summed E-state index contributed by atoms with van der Waals surface area (Å²) < 4.78 is 11.1. The van der Waals surface area contributed by atoms with E-state index in [4.69, 9.17) is 14.7 Å². The van der Waals surface area contributed by atoms with Crippen molar-refractivity contribution in [2.24, 2.45) is 0 Å². The number of nitrogens with one attached hydrogen (secondary N) is 2. The topological polar surface area (TPSA) is 130 Å². The number of hydrogen-bond acceptors (Lipinski definition) is 8. The van der Waals surface area contributed by atoms with Crippen molar-refractivity contribution in [3.8, 4) is 0 Å². The Balaban J connectivity index is 1.48. The van der Waals surface area contributed by atoms with Crippen molar-refractivity contribution < 1.29 is 29.1 Å². The number of likely N-dealkylation sites (tertiary alicyclic amines) is 1. The molecule has 1 fully saturated rings. The summed E-state index contributed by atoms with van der Waals surface area (Å²) in [6.07, 6.45) is 0.621. The molecule has 0 saturated carbocycles. The molecule has 10 nitrogen and oxygen atoms in total. The van der Waals surface area contributed by atoms with E-state index in [1.165, 1.54) is 4.90 Å². The van der Waals surface area contributed by atoms with Crippen LogP contribution in [-0.2, 0) is 25.7 Å². The van der Waals surface area contributed by atoms with Crippen LogP contribution in [0, 0.1) is 0 Å². The number of hydrogen-bond donors (Lipinski definition) is 3. The third-order valence-corrected chi connectivity index (χ3v) is 5.65. The van der Waals surface area contributed by atoms with Crippen LogP contribution in [0.3, 0.4) is 0 Å². The van der Waals surface area contributed by atoms with Gasteiger partial charge in [0.25, 0.3) is 0 Å². The molecule has 2 heterocycles. The van der Waals surface area contributed by atoms with Crippen molar-refractivity contribution in [2.75, 3.05) is 25.0 Å². The smallest absolute Gasteiger partial charge is 0.410 e. The number of benzene rings is 2. The molecule has 182 valence electrons. The zero-order chi connectivity index (χ0) is 24.6. The van der Waals surface area contributed by atoms with Gasteiger partial charge in [-0.2, -0.15) is 5.48 Å². The Morgan fingerprint density at radius 2 is 1.86 bits per heavy atom. The second kappa shape index (κ2) is 11.5. The number of fused-ring (bicyclic) bond motifs is 1. The molecule has 2 atom stereocenters. The highest BCUT2D eigenvalue weighted by atomic mass is 16.6. The van der Waals surface area contributed by atoms with E-state index in [0.29, 0.717) is 11.2 Å². The molecule has 0 unspecified atom stereocenters. The maximum atomic E-state index is 13.3. The van der Waals surface area contributed by atoms with Crippen molar-refractivity contribution in [1.29, 1.82) is 0 Å². The average molecular weight is 479 g/mol. The number of ether oxygens (including phenoxy) is 2. The molecule has 2 aromatic carbocycles. The first-order chi connectivity index (χ1) is 17.0. The highest BCUT2D eigenvalue weighted by Gasteiger charge is 2.41. The molecule has 2 amide bonds. The first-order valence-electron chi connectivity index (χ1n) is 11.2. The van der Waals surface area contributed by atoms with Gasteiger partial charge >= 0.3 is 6.09 Å². The molecule has 1 saturated heterocycles. The summed E-state index contributed by atoms with van der Waals surface area (Å²) in [4.78, 5) is 43.6. The minimum absolute atomic E-state index is 0.0595. The van der Waals surface area contributed by atoms with E-state index in [2.05, 4.69) is 10.3 Å². The van der Waals surface area contributed by atoms with Gasteiger partial charge in [-0.15, -0.1) is 0 Å². The van der Waals surface area contributed by atoms with Gasteiger partial charge < -0.3 is 20.0 Å². The van der Waals surface area contributed by atoms with Crippen LogP contribution in [0.1, 0.15) is 12.0 Å². The summed E-state index contributed by atoms with van der Waals surface area (Å²) in [6.45, 7) is -0.372. The molecule has 3 N–H and O–H groups in total. The van der Waals surface area contributed by atoms with Crippen LogP contribution < -0.4 is 10.8 Å². The van der Waals surface area contributed by atoms with Crippen LogP contribution in [0.5, 0.6) is 0 Å². The molecule has 10 heteroatoms. The summed E-state index contributed by atoms with van der Waals surface area (Å²) in [5.74, 6) is -0.769. The quantitative estimate of drug-likeness (QED) is 0.400. The minimum atomic E-state index is -0.867. The maximum Gasteiger partial charge on any atom is 0.410 e. The van der Waals surface area contributed by atoms with Crippen LogP contribution in [-0.4, -0.2) is 64.7 Å². The lowest BCUT2D eigenvalue weighted by Gasteiger charge is -2.23. The predicted molar refractivity (Wildman–Crippen MR) is 127 cm³/mol. The molecule has 0 spiro atoms. The number of hydroxylamine groups is 1. The van der Waals surface area contributed by atoms with E-state index < -0.39 is 24.1 Å². The second-order valence-electron chi connectivity index (χ2n) is 8.12. The van der Waals surface area contributed by atoms with Gasteiger partial charge in [-0.05, 0) is 17.7 Å². The third-order valence-electron chi connectivity index (χ3n) is 5.65. The van der Waals surface area contributed by atoms with Gasteiger partial charge in [-0.25, -0.2) is 4.79 Å². The summed E-state index contributed by atoms with van der Waals surface area (Å²) in [6, 6.07) is 17.5. The van der Waals surface area contributed by atoms with Gasteiger partial charge in [0.1, 0.15) is 19.3 Å². The van der Waals surface area contributed by atoms with Crippen molar-refractivity contribution in [3.05, 3.63) is 72.4 Å². The first kappa shape index (κ1) is 24.3. The molecule has 0 radical (unpaired) electrons. The fourth-order valence-electron chi connectivity index (χ4n) is 3.94. The molecule has 35 heavy (non-hydrogen) atoms. The number of Topliss-reactive ketones (excluding diaryl/α,β-unsaturated/α-hetero) is 1. The Bertz CT molecular complexity index is 1180. The maximum absolute atomic E-state index is 13.3. The third kappa shape index (κ3) is 6.18. The Morgan fingerprint density at radius 1 is 1.06 bits per heavy atom. The largest absolute Gasteiger partial charge is 0.445 e. The van der Waals surface area contributed by atoms with Crippen molar-refractivity contribution >= 4 is 34.4 Å². The first-order valence-corrected chi connectivity index (χ1v) is 11.2. The Hall–Kier alpha value is -3.86. The lowest BCUT2D eigenvalue weighted by atomic mass is 10.1. The van der Waals surface area contributed by atoms with E-state index in [0.717, 1.165) is 10.9 Å². The number of carbonyl (C=O) groups excluding carboxylic acids is 3. The van der Waals surface area contributed by atoms with Gasteiger partial charge in [0.2, 0.25) is 5.91 Å². The molecule has 1 aliphatic rings. The monoisotopic (exact) mass is 478 g/mol. The Morgan fingerprint density at radius 3 is 2.66 bits per heavy atom. The number of ketones is 1. The number of anilines is 1. The number of pyridine rings is 1. The van der Waals surface area contributed by atoms with Crippen LogP contribution in [0.4, 0.5) is 10.5 Å². The lowest BCUT2D eigenvalue weighted by Crippen LogP contribution is -2.43. The molecule has 0 aliphatic carbocycles. The Kier molecular flexibility index (Phi) is 7.99. The minimum Gasteiger partial charge on any atom is -0.445 e. The van der Waals surface area contributed by atoms with Crippen LogP contribution >= 0.6 is 0 Å². The standard InChI is InChI=1S/C25H26N4O6/c30-19(13-27-33)16-34-20-12-22(29(14-20)25(32)35-15-17-6-2-1-3-7-17)24(31)28-21-10-4-8-18-9-5-11-26-23(18)21/h1-11,20,22,27,33H,12-16H2,(H,28,31)/t20-,22-/m1/s1. The van der Waals surface area contributed by atoms with E-state index in [1.807, 2.05) is 54.6 Å². The van der Waals surface area contributed by atoms with Crippen LogP contribution in [0.15, 0.2) is 66.9 Å². The highest BCUT2D eigenvalue weighted by molar-refractivity contribution is 6.03. The fraction of sp³-hybridized carbons (Fsp3) is 0.280. The number of carbonyl (C=O) groups is 3. The van der Waals surface area contributed by atoms with Crippen LogP contribution in [0.2, 0.25) is 0 Å². The van der Waals surface area contributed by atoms with Crippen molar-refractivity contribution in [3.63, 3.8) is 0 Å². The number of para-hydroxylation sites is 1. The summed E-state index contributed by atoms with van der Waals surface area (Å²) >= 11 is 0. The van der Waals surface area contributed by atoms with Gasteiger partial charge in [0.05, 0.1) is 30.4 Å². The highest BCUT2D eigenvalue weighted by Crippen LogP contribution is 2.26. The van der Waals surface area contributed by atoms with Gasteiger partial charge in [-0.3, -0.25) is 19.5 Å². The van der Waals surface area contributed by atoms with Crippen LogP contribution in [0.25, 0.3) is 10.9 Å². The normalized spacial score (nSPS) is 17.3. The number of aromatic nitrogens is 1.